The average Bonchev–Trinajstić information content (AvgIpc) is 2.37. The molecule has 0 heterocycles. The van der Waals surface area contributed by atoms with Gasteiger partial charge in [0, 0.05) is 23.2 Å². The van der Waals surface area contributed by atoms with Gasteiger partial charge >= 0.3 is 0 Å². The molecule has 2 nitrogen and oxygen atoms in total. The van der Waals surface area contributed by atoms with Crippen LogP contribution in [0.25, 0.3) is 0 Å². The van der Waals surface area contributed by atoms with E-state index in [2.05, 4.69) is 5.32 Å². The monoisotopic (exact) mass is 283 g/mol. The molecule has 0 saturated heterocycles. The molecule has 0 radical (unpaired) electrons. The maximum atomic E-state index is 13.5. The van der Waals surface area contributed by atoms with Crippen LogP contribution in [0.2, 0.25) is 5.02 Å². The molecule has 0 fully saturated rings. The van der Waals surface area contributed by atoms with Crippen LogP contribution in [0.1, 0.15) is 5.56 Å². The largest absolute Gasteiger partial charge is 0.454 e. The summed E-state index contributed by atoms with van der Waals surface area (Å²) in [6.45, 7) is 0.531. The Kier molecular flexibility index (Phi) is 4.35. The van der Waals surface area contributed by atoms with Crippen LogP contribution in [0.4, 0.5) is 8.78 Å². The van der Waals surface area contributed by atoms with Gasteiger partial charge in [0.1, 0.15) is 11.6 Å². The second-order valence-electron chi connectivity index (χ2n) is 3.96. The summed E-state index contributed by atoms with van der Waals surface area (Å²) >= 11 is 5.89. The van der Waals surface area contributed by atoms with E-state index in [0.29, 0.717) is 17.3 Å². The molecule has 0 atom stereocenters. The predicted octanol–water partition coefficient (Wildman–Crippen LogP) is 4.13. The SMILES string of the molecule is CNCc1ccc(Cl)cc1Oc1cc(F)ccc1F. The summed E-state index contributed by atoms with van der Waals surface area (Å²) in [6, 6.07) is 8.11. The minimum Gasteiger partial charge on any atom is -0.454 e. The Morgan fingerprint density at radius 3 is 2.63 bits per heavy atom. The Bertz CT molecular complexity index is 590. The Balaban J connectivity index is 2.36. The van der Waals surface area contributed by atoms with Gasteiger partial charge in [-0.3, -0.25) is 0 Å². The number of ether oxygens (including phenoxy) is 1. The topological polar surface area (TPSA) is 21.3 Å². The van der Waals surface area contributed by atoms with Gasteiger partial charge in [-0.05, 0) is 31.3 Å². The third kappa shape index (κ3) is 3.43. The van der Waals surface area contributed by atoms with Gasteiger partial charge in [-0.15, -0.1) is 0 Å². The van der Waals surface area contributed by atoms with E-state index >= 15 is 0 Å². The average molecular weight is 284 g/mol. The van der Waals surface area contributed by atoms with Crippen LogP contribution in [-0.2, 0) is 6.54 Å². The van der Waals surface area contributed by atoms with Crippen molar-refractivity contribution in [2.75, 3.05) is 7.05 Å². The summed E-state index contributed by atoms with van der Waals surface area (Å²) in [6.07, 6.45) is 0. The molecule has 0 spiro atoms. The maximum absolute atomic E-state index is 13.5. The van der Waals surface area contributed by atoms with Crippen molar-refractivity contribution >= 4 is 11.6 Å². The quantitative estimate of drug-likeness (QED) is 0.911. The third-order valence-electron chi connectivity index (χ3n) is 2.51. The molecular formula is C14H12ClF2NO. The fourth-order valence-corrected chi connectivity index (χ4v) is 1.80. The van der Waals surface area contributed by atoms with E-state index in [-0.39, 0.29) is 5.75 Å². The second-order valence-corrected chi connectivity index (χ2v) is 4.40. The zero-order valence-corrected chi connectivity index (χ0v) is 11.0. The zero-order valence-electron chi connectivity index (χ0n) is 10.2. The van der Waals surface area contributed by atoms with Crippen molar-refractivity contribution in [2.24, 2.45) is 0 Å². The lowest BCUT2D eigenvalue weighted by Crippen LogP contribution is -2.06. The lowest BCUT2D eigenvalue weighted by atomic mass is 10.2. The van der Waals surface area contributed by atoms with Crippen molar-refractivity contribution < 1.29 is 13.5 Å². The molecule has 2 rings (SSSR count). The fraction of sp³-hybridized carbons (Fsp3) is 0.143. The van der Waals surface area contributed by atoms with Crippen LogP contribution < -0.4 is 10.1 Å². The van der Waals surface area contributed by atoms with Crippen molar-refractivity contribution in [3.63, 3.8) is 0 Å². The first-order valence-electron chi connectivity index (χ1n) is 5.66. The Morgan fingerprint density at radius 1 is 1.11 bits per heavy atom. The van der Waals surface area contributed by atoms with Crippen molar-refractivity contribution in [3.8, 4) is 11.5 Å². The first-order chi connectivity index (χ1) is 9.10. The molecule has 0 amide bonds. The van der Waals surface area contributed by atoms with E-state index in [1.165, 1.54) is 0 Å². The van der Waals surface area contributed by atoms with E-state index < -0.39 is 11.6 Å². The highest BCUT2D eigenvalue weighted by Crippen LogP contribution is 2.30. The molecule has 19 heavy (non-hydrogen) atoms. The number of hydrogen-bond donors (Lipinski definition) is 1. The number of nitrogens with one attached hydrogen (secondary N) is 1. The van der Waals surface area contributed by atoms with E-state index in [0.717, 1.165) is 23.8 Å². The minimum atomic E-state index is -0.628. The fourth-order valence-electron chi connectivity index (χ4n) is 1.63. The maximum Gasteiger partial charge on any atom is 0.165 e. The number of benzene rings is 2. The van der Waals surface area contributed by atoms with Crippen molar-refractivity contribution in [1.29, 1.82) is 0 Å². The lowest BCUT2D eigenvalue weighted by molar-refractivity contribution is 0.431. The Morgan fingerprint density at radius 2 is 1.89 bits per heavy atom. The van der Waals surface area contributed by atoms with Crippen LogP contribution in [0.5, 0.6) is 11.5 Å². The molecule has 0 bridgehead atoms. The van der Waals surface area contributed by atoms with Gasteiger partial charge in [-0.1, -0.05) is 17.7 Å². The molecule has 1 N–H and O–H groups in total. The van der Waals surface area contributed by atoms with Crippen molar-refractivity contribution in [3.05, 3.63) is 58.6 Å². The molecule has 0 aliphatic heterocycles. The molecule has 0 unspecified atom stereocenters. The molecule has 2 aromatic carbocycles. The van der Waals surface area contributed by atoms with E-state index in [9.17, 15) is 8.78 Å². The lowest BCUT2D eigenvalue weighted by Gasteiger charge is -2.12. The van der Waals surface area contributed by atoms with Crippen molar-refractivity contribution in [2.45, 2.75) is 6.54 Å². The van der Waals surface area contributed by atoms with Crippen LogP contribution in [0, 0.1) is 11.6 Å². The predicted molar refractivity (Wildman–Crippen MR) is 70.6 cm³/mol. The van der Waals surface area contributed by atoms with Gasteiger partial charge < -0.3 is 10.1 Å². The van der Waals surface area contributed by atoms with E-state index in [1.807, 2.05) is 0 Å². The highest BCUT2D eigenvalue weighted by Gasteiger charge is 2.10. The highest BCUT2D eigenvalue weighted by molar-refractivity contribution is 6.30. The van der Waals surface area contributed by atoms with E-state index in [4.69, 9.17) is 16.3 Å². The molecule has 0 aliphatic rings. The number of halogens is 3. The zero-order chi connectivity index (χ0) is 13.8. The molecule has 2 aromatic rings. The van der Waals surface area contributed by atoms with Crippen LogP contribution in [0.15, 0.2) is 36.4 Å². The standard InChI is InChI=1S/C14H12ClF2NO/c1-18-8-9-2-3-10(15)6-13(9)19-14-7-11(16)4-5-12(14)17/h2-7,18H,8H2,1H3. The summed E-state index contributed by atoms with van der Waals surface area (Å²) in [5.41, 5.74) is 0.801. The first-order valence-corrected chi connectivity index (χ1v) is 6.04. The van der Waals surface area contributed by atoms with Gasteiger partial charge in [0.15, 0.2) is 11.6 Å². The molecule has 0 saturated carbocycles. The Labute approximate surface area is 115 Å². The summed E-state index contributed by atoms with van der Waals surface area (Å²) in [5.74, 6) is -0.962. The smallest absolute Gasteiger partial charge is 0.165 e. The third-order valence-corrected chi connectivity index (χ3v) is 2.74. The van der Waals surface area contributed by atoms with Gasteiger partial charge in [-0.25, -0.2) is 8.78 Å². The van der Waals surface area contributed by atoms with Crippen LogP contribution in [-0.4, -0.2) is 7.05 Å². The van der Waals surface area contributed by atoms with Gasteiger partial charge in [0.25, 0.3) is 0 Å². The summed E-state index contributed by atoms with van der Waals surface area (Å²) in [5, 5.41) is 3.43. The second kappa shape index (κ2) is 5.99. The first kappa shape index (κ1) is 13.8. The minimum absolute atomic E-state index is 0.167. The van der Waals surface area contributed by atoms with Gasteiger partial charge in [-0.2, -0.15) is 0 Å². The molecular weight excluding hydrogens is 272 g/mol. The van der Waals surface area contributed by atoms with E-state index in [1.54, 1.807) is 25.2 Å². The number of rotatable bonds is 4. The molecule has 0 aliphatic carbocycles. The number of hydrogen-bond acceptors (Lipinski definition) is 2. The highest BCUT2D eigenvalue weighted by atomic mass is 35.5. The summed E-state index contributed by atoms with van der Waals surface area (Å²) in [7, 11) is 1.78. The summed E-state index contributed by atoms with van der Waals surface area (Å²) in [4.78, 5) is 0. The van der Waals surface area contributed by atoms with Gasteiger partial charge in [0.05, 0.1) is 0 Å². The summed E-state index contributed by atoms with van der Waals surface area (Å²) < 4.78 is 32.0. The van der Waals surface area contributed by atoms with Gasteiger partial charge in [0.2, 0.25) is 0 Å². The molecule has 100 valence electrons. The normalized spacial score (nSPS) is 10.5. The van der Waals surface area contributed by atoms with Crippen LogP contribution >= 0.6 is 11.6 Å². The Hall–Kier alpha value is -1.65. The molecule has 5 heteroatoms. The molecule has 0 aromatic heterocycles. The van der Waals surface area contributed by atoms with Crippen molar-refractivity contribution in [1.82, 2.24) is 5.32 Å². The van der Waals surface area contributed by atoms with Crippen LogP contribution in [0.3, 0.4) is 0 Å².